The van der Waals surface area contributed by atoms with Crippen LogP contribution >= 0.6 is 11.3 Å². The molecule has 3 aromatic heterocycles. The van der Waals surface area contributed by atoms with Gasteiger partial charge in [0.1, 0.15) is 6.23 Å². The standard InChI is InChI=1S/C20H24N6OS/c1-4-7-16(19(27)21-3)23-20-22-15-9-6-5-8-14(15)18-24-17(25-26(18)20)13-10-12(2)28-11-13/h5-6,8-11,16,19,21,27H,4,7H2,1-3H3,(H,22,23)/t16-,19?/m1/s1. The number of aryl methyl sites for hydroxylation is 1. The molecule has 8 heteroatoms. The Morgan fingerprint density at radius 1 is 1.25 bits per heavy atom. The van der Waals surface area contributed by atoms with Crippen molar-refractivity contribution in [2.75, 3.05) is 12.4 Å². The monoisotopic (exact) mass is 396 g/mol. The number of benzene rings is 1. The number of anilines is 1. The van der Waals surface area contributed by atoms with Gasteiger partial charge in [-0.1, -0.05) is 25.5 Å². The van der Waals surface area contributed by atoms with E-state index in [9.17, 15) is 5.11 Å². The summed E-state index contributed by atoms with van der Waals surface area (Å²) in [4.78, 5) is 10.8. The summed E-state index contributed by atoms with van der Waals surface area (Å²) in [5.41, 5.74) is 2.59. The van der Waals surface area contributed by atoms with Crippen LogP contribution in [-0.4, -0.2) is 44.0 Å². The van der Waals surface area contributed by atoms with Crippen molar-refractivity contribution >= 4 is 33.8 Å². The maximum absolute atomic E-state index is 10.3. The van der Waals surface area contributed by atoms with Gasteiger partial charge in [0, 0.05) is 21.2 Å². The highest BCUT2D eigenvalue weighted by Crippen LogP contribution is 2.27. The van der Waals surface area contributed by atoms with E-state index in [0.29, 0.717) is 11.8 Å². The summed E-state index contributed by atoms with van der Waals surface area (Å²) in [6, 6.07) is 9.80. The number of aliphatic hydroxyl groups is 1. The second-order valence-corrected chi connectivity index (χ2v) is 7.96. The van der Waals surface area contributed by atoms with Gasteiger partial charge in [-0.25, -0.2) is 9.97 Å². The summed E-state index contributed by atoms with van der Waals surface area (Å²) < 4.78 is 1.75. The Labute approximate surface area is 167 Å². The molecule has 0 saturated heterocycles. The number of aliphatic hydroxyl groups excluding tert-OH is 1. The highest BCUT2D eigenvalue weighted by molar-refractivity contribution is 7.10. The molecule has 0 saturated carbocycles. The first-order valence-electron chi connectivity index (χ1n) is 9.43. The van der Waals surface area contributed by atoms with Gasteiger partial charge in [-0.15, -0.1) is 16.4 Å². The van der Waals surface area contributed by atoms with Crippen molar-refractivity contribution in [3.8, 4) is 11.4 Å². The molecular formula is C20H24N6OS. The summed E-state index contributed by atoms with van der Waals surface area (Å²) in [7, 11) is 1.74. The molecule has 0 aliphatic carbocycles. The zero-order chi connectivity index (χ0) is 19.7. The van der Waals surface area contributed by atoms with E-state index in [1.54, 1.807) is 22.9 Å². The van der Waals surface area contributed by atoms with E-state index >= 15 is 0 Å². The Balaban J connectivity index is 1.87. The molecule has 7 nitrogen and oxygen atoms in total. The minimum absolute atomic E-state index is 0.192. The number of thiophene rings is 1. The maximum atomic E-state index is 10.3. The van der Waals surface area contributed by atoms with Crippen LogP contribution in [0, 0.1) is 6.92 Å². The third-order valence-corrected chi connectivity index (χ3v) is 5.62. The lowest BCUT2D eigenvalue weighted by molar-refractivity contribution is 0.121. The van der Waals surface area contributed by atoms with Crippen molar-refractivity contribution in [2.45, 2.75) is 39.0 Å². The van der Waals surface area contributed by atoms with Gasteiger partial charge in [-0.2, -0.15) is 4.52 Å². The highest BCUT2D eigenvalue weighted by atomic mass is 32.1. The van der Waals surface area contributed by atoms with Crippen LogP contribution in [0.15, 0.2) is 35.7 Å². The minimum Gasteiger partial charge on any atom is -0.376 e. The maximum Gasteiger partial charge on any atom is 0.226 e. The van der Waals surface area contributed by atoms with Crippen LogP contribution in [0.5, 0.6) is 0 Å². The number of fused-ring (bicyclic) bond motifs is 3. The fourth-order valence-electron chi connectivity index (χ4n) is 3.32. The van der Waals surface area contributed by atoms with Crippen molar-refractivity contribution in [2.24, 2.45) is 0 Å². The van der Waals surface area contributed by atoms with Crippen molar-refractivity contribution < 1.29 is 5.11 Å². The molecule has 1 unspecified atom stereocenters. The quantitative estimate of drug-likeness (QED) is 0.415. The van der Waals surface area contributed by atoms with Gasteiger partial charge in [0.25, 0.3) is 0 Å². The fraction of sp³-hybridized carbons (Fsp3) is 0.350. The Kier molecular flexibility index (Phi) is 5.25. The first kappa shape index (κ1) is 18.8. The first-order chi connectivity index (χ1) is 13.6. The van der Waals surface area contributed by atoms with Gasteiger partial charge in [0.15, 0.2) is 11.5 Å². The van der Waals surface area contributed by atoms with Crippen molar-refractivity contribution in [3.05, 3.63) is 40.6 Å². The summed E-state index contributed by atoms with van der Waals surface area (Å²) in [5, 5.41) is 24.4. The average Bonchev–Trinajstić information content (AvgIpc) is 3.33. The third-order valence-electron chi connectivity index (χ3n) is 4.76. The van der Waals surface area contributed by atoms with E-state index in [0.717, 1.165) is 35.0 Å². The van der Waals surface area contributed by atoms with Gasteiger partial charge in [-0.3, -0.25) is 5.32 Å². The Hall–Kier alpha value is -2.55. The summed E-state index contributed by atoms with van der Waals surface area (Å²) in [5.74, 6) is 1.25. The SMILES string of the molecule is CCC[C@@H](Nc1nc2ccccc2c2nc(-c3csc(C)c3)nn12)C(O)NC. The molecule has 0 aliphatic heterocycles. The summed E-state index contributed by atoms with van der Waals surface area (Å²) in [6.45, 7) is 4.16. The number of nitrogens with one attached hydrogen (secondary N) is 2. The highest BCUT2D eigenvalue weighted by Gasteiger charge is 2.21. The van der Waals surface area contributed by atoms with Crippen molar-refractivity contribution in [3.63, 3.8) is 0 Å². The second-order valence-electron chi connectivity index (χ2n) is 6.84. The van der Waals surface area contributed by atoms with Gasteiger partial charge in [0.05, 0.1) is 11.6 Å². The molecule has 1 aromatic carbocycles. The molecule has 2 atom stereocenters. The van der Waals surface area contributed by atoms with E-state index in [4.69, 9.17) is 15.1 Å². The molecule has 28 heavy (non-hydrogen) atoms. The molecule has 0 amide bonds. The minimum atomic E-state index is -0.689. The van der Waals surface area contributed by atoms with Crippen LogP contribution in [0.1, 0.15) is 24.6 Å². The van der Waals surface area contributed by atoms with Crippen LogP contribution in [0.4, 0.5) is 5.95 Å². The number of hydrogen-bond acceptors (Lipinski definition) is 7. The molecule has 0 radical (unpaired) electrons. The number of para-hydroxylation sites is 1. The lowest BCUT2D eigenvalue weighted by Crippen LogP contribution is -2.42. The van der Waals surface area contributed by atoms with E-state index in [-0.39, 0.29) is 6.04 Å². The van der Waals surface area contributed by atoms with E-state index < -0.39 is 6.23 Å². The largest absolute Gasteiger partial charge is 0.376 e. The van der Waals surface area contributed by atoms with Crippen LogP contribution < -0.4 is 10.6 Å². The number of rotatable bonds is 7. The zero-order valence-corrected chi connectivity index (χ0v) is 17.0. The van der Waals surface area contributed by atoms with Gasteiger partial charge in [-0.05, 0) is 38.6 Å². The molecule has 0 bridgehead atoms. The van der Waals surface area contributed by atoms with Crippen LogP contribution in [0.2, 0.25) is 0 Å². The summed E-state index contributed by atoms with van der Waals surface area (Å²) in [6.07, 6.45) is 1.04. The van der Waals surface area contributed by atoms with E-state index in [2.05, 4.69) is 35.9 Å². The molecule has 0 spiro atoms. The van der Waals surface area contributed by atoms with Crippen LogP contribution in [-0.2, 0) is 0 Å². The first-order valence-corrected chi connectivity index (χ1v) is 10.3. The number of aromatic nitrogens is 4. The van der Waals surface area contributed by atoms with Gasteiger partial charge < -0.3 is 10.4 Å². The topological polar surface area (TPSA) is 87.4 Å². The van der Waals surface area contributed by atoms with Crippen LogP contribution in [0.3, 0.4) is 0 Å². The molecule has 4 rings (SSSR count). The average molecular weight is 397 g/mol. The molecule has 0 fully saturated rings. The Bertz CT molecular complexity index is 1100. The zero-order valence-electron chi connectivity index (χ0n) is 16.2. The molecule has 3 N–H and O–H groups in total. The molecule has 3 heterocycles. The smallest absolute Gasteiger partial charge is 0.226 e. The number of nitrogens with zero attached hydrogens (tertiary/aromatic N) is 4. The van der Waals surface area contributed by atoms with Gasteiger partial charge in [0.2, 0.25) is 5.95 Å². The molecular weight excluding hydrogens is 372 g/mol. The van der Waals surface area contributed by atoms with Crippen LogP contribution in [0.25, 0.3) is 27.9 Å². The van der Waals surface area contributed by atoms with Gasteiger partial charge >= 0.3 is 0 Å². The van der Waals surface area contributed by atoms with E-state index in [1.807, 2.05) is 24.3 Å². The van der Waals surface area contributed by atoms with Crippen molar-refractivity contribution in [1.29, 1.82) is 0 Å². The molecule has 4 aromatic rings. The Morgan fingerprint density at radius 3 is 2.79 bits per heavy atom. The lowest BCUT2D eigenvalue weighted by atomic mass is 10.1. The third kappa shape index (κ3) is 3.46. The predicted octanol–water partition coefficient (Wildman–Crippen LogP) is 3.43. The van der Waals surface area contributed by atoms with Crippen molar-refractivity contribution in [1.82, 2.24) is 24.9 Å². The normalized spacial score (nSPS) is 13.9. The fourth-order valence-corrected chi connectivity index (χ4v) is 4.00. The number of likely N-dealkylation sites (N-methyl/N-ethyl adjacent to an activating group) is 1. The van der Waals surface area contributed by atoms with E-state index in [1.165, 1.54) is 4.88 Å². The predicted molar refractivity (Wildman–Crippen MR) is 114 cm³/mol. The molecule has 146 valence electrons. The second kappa shape index (κ2) is 7.83. The number of hydrogen-bond donors (Lipinski definition) is 3. The summed E-state index contributed by atoms with van der Waals surface area (Å²) >= 11 is 1.68. The lowest BCUT2D eigenvalue weighted by Gasteiger charge is -2.24. The molecule has 0 aliphatic rings. The Morgan fingerprint density at radius 2 is 2.07 bits per heavy atom.